The van der Waals surface area contributed by atoms with Gasteiger partial charge in [0.05, 0.1) is 0 Å². The van der Waals surface area contributed by atoms with Gasteiger partial charge in [-0.15, -0.1) is 0 Å². The summed E-state index contributed by atoms with van der Waals surface area (Å²) in [6.45, 7) is 0. The van der Waals surface area contributed by atoms with E-state index < -0.39 is 36.1 Å². The maximum Gasteiger partial charge on any atom is 0.399 e. The van der Waals surface area contributed by atoms with Gasteiger partial charge in [-0.2, -0.15) is 8.78 Å². The van der Waals surface area contributed by atoms with Crippen LogP contribution in [0, 0.1) is 0 Å². The minimum Gasteiger partial charge on any atom is -0.347 e. The summed E-state index contributed by atoms with van der Waals surface area (Å²) in [7, 11) is 0. The van der Waals surface area contributed by atoms with Gasteiger partial charge >= 0.3 is 11.3 Å². The van der Waals surface area contributed by atoms with Crippen molar-refractivity contribution in [3.05, 3.63) is 0 Å². The summed E-state index contributed by atoms with van der Waals surface area (Å²) in [4.78, 5) is 10.4. The molecular formula is C6H6ClF4NO. The summed E-state index contributed by atoms with van der Waals surface area (Å²) in [5, 5.41) is -2.31. The molecule has 0 aliphatic heterocycles. The number of amides is 1. The molecule has 1 N–H and O–H groups in total. The van der Waals surface area contributed by atoms with Crippen molar-refractivity contribution >= 4 is 17.5 Å². The first-order valence-electron chi connectivity index (χ1n) is 3.46. The average Bonchev–Trinajstić information content (AvgIpc) is 1.80. The van der Waals surface area contributed by atoms with Crippen molar-refractivity contribution in [2.75, 3.05) is 0 Å². The third kappa shape index (κ3) is 2.72. The second kappa shape index (κ2) is 3.01. The molecule has 0 radical (unpaired) electrons. The van der Waals surface area contributed by atoms with E-state index in [4.69, 9.17) is 0 Å². The first kappa shape index (κ1) is 10.6. The van der Waals surface area contributed by atoms with E-state index in [1.54, 1.807) is 5.32 Å². The SMILES string of the molecule is O=C(NC1CC(F)(F)C1)C(F)(F)Cl. The van der Waals surface area contributed by atoms with Crippen molar-refractivity contribution in [2.45, 2.75) is 30.2 Å². The molecule has 0 aromatic rings. The van der Waals surface area contributed by atoms with Crippen molar-refractivity contribution in [2.24, 2.45) is 0 Å². The molecule has 2 nitrogen and oxygen atoms in total. The molecule has 7 heteroatoms. The number of hydrogen-bond acceptors (Lipinski definition) is 1. The Morgan fingerprint density at radius 2 is 1.92 bits per heavy atom. The van der Waals surface area contributed by atoms with Crippen LogP contribution in [0.4, 0.5) is 17.6 Å². The number of halogens is 5. The molecule has 0 aromatic heterocycles. The van der Waals surface area contributed by atoms with Crippen molar-refractivity contribution < 1.29 is 22.4 Å². The molecule has 1 saturated carbocycles. The largest absolute Gasteiger partial charge is 0.399 e. The number of nitrogens with one attached hydrogen (secondary N) is 1. The molecule has 1 amide bonds. The summed E-state index contributed by atoms with van der Waals surface area (Å²) >= 11 is 4.35. The molecule has 76 valence electrons. The van der Waals surface area contributed by atoms with Crippen LogP contribution in [0.3, 0.4) is 0 Å². The Kier molecular flexibility index (Phi) is 2.44. The molecular weight excluding hydrogens is 214 g/mol. The smallest absolute Gasteiger partial charge is 0.347 e. The predicted octanol–water partition coefficient (Wildman–Crippen LogP) is 1.73. The van der Waals surface area contributed by atoms with E-state index in [1.165, 1.54) is 0 Å². The first-order chi connectivity index (χ1) is 5.71. The molecule has 0 aromatic carbocycles. The average molecular weight is 220 g/mol. The maximum absolute atomic E-state index is 12.2. The minimum absolute atomic E-state index is 0.605. The minimum atomic E-state index is -4.02. The van der Waals surface area contributed by atoms with Crippen LogP contribution >= 0.6 is 11.6 Å². The van der Waals surface area contributed by atoms with E-state index in [0.29, 0.717) is 0 Å². The Hall–Kier alpha value is -0.520. The summed E-state index contributed by atoms with van der Waals surface area (Å²) in [6, 6.07) is -0.896. The van der Waals surface area contributed by atoms with Crippen LogP contribution in [0.15, 0.2) is 0 Å². The van der Waals surface area contributed by atoms with Crippen molar-refractivity contribution in [3.63, 3.8) is 0 Å². The number of hydrogen-bond donors (Lipinski definition) is 1. The van der Waals surface area contributed by atoms with Gasteiger partial charge in [-0.1, -0.05) is 0 Å². The number of carbonyl (C=O) groups excluding carboxylic acids is 1. The Bertz CT molecular complexity index is 219. The van der Waals surface area contributed by atoms with Gasteiger partial charge in [0.2, 0.25) is 0 Å². The fourth-order valence-corrected chi connectivity index (χ4v) is 1.09. The van der Waals surface area contributed by atoms with Crippen molar-refractivity contribution in [1.29, 1.82) is 0 Å². The molecule has 1 fully saturated rings. The van der Waals surface area contributed by atoms with E-state index >= 15 is 0 Å². The lowest BCUT2D eigenvalue weighted by Gasteiger charge is -2.35. The highest BCUT2D eigenvalue weighted by Gasteiger charge is 2.48. The zero-order chi connectivity index (χ0) is 10.3. The lowest BCUT2D eigenvalue weighted by Crippen LogP contribution is -2.53. The van der Waals surface area contributed by atoms with Gasteiger partial charge in [-0.05, 0) is 11.6 Å². The molecule has 13 heavy (non-hydrogen) atoms. The van der Waals surface area contributed by atoms with E-state index in [0.717, 1.165) is 0 Å². The zero-order valence-corrected chi connectivity index (χ0v) is 7.05. The number of alkyl halides is 5. The highest BCUT2D eigenvalue weighted by atomic mass is 35.5. The number of rotatable bonds is 2. The van der Waals surface area contributed by atoms with Gasteiger partial charge in [0.1, 0.15) is 0 Å². The van der Waals surface area contributed by atoms with Gasteiger partial charge in [0.15, 0.2) is 0 Å². The molecule has 1 rings (SSSR count). The fourth-order valence-electron chi connectivity index (χ4n) is 1.03. The zero-order valence-electron chi connectivity index (χ0n) is 6.29. The molecule has 0 bridgehead atoms. The van der Waals surface area contributed by atoms with Gasteiger partial charge in [0, 0.05) is 18.9 Å². The molecule has 1 aliphatic rings. The summed E-state index contributed by atoms with van der Waals surface area (Å²) in [5.41, 5.74) is 0. The van der Waals surface area contributed by atoms with E-state index in [1.807, 2.05) is 0 Å². The van der Waals surface area contributed by atoms with E-state index in [-0.39, 0.29) is 0 Å². The highest BCUT2D eigenvalue weighted by Crippen LogP contribution is 2.37. The lowest BCUT2D eigenvalue weighted by molar-refractivity contribution is -0.142. The van der Waals surface area contributed by atoms with Crippen LogP contribution in [0.25, 0.3) is 0 Å². The third-order valence-corrected chi connectivity index (χ3v) is 1.85. The summed E-state index contributed by atoms with van der Waals surface area (Å²) in [5.74, 6) is -4.57. The first-order valence-corrected chi connectivity index (χ1v) is 3.84. The second-order valence-electron chi connectivity index (χ2n) is 2.93. The molecule has 1 aliphatic carbocycles. The van der Waals surface area contributed by atoms with Gasteiger partial charge in [0.25, 0.3) is 5.92 Å². The molecule has 0 unspecified atom stereocenters. The van der Waals surface area contributed by atoms with Crippen LogP contribution in [-0.2, 0) is 4.79 Å². The van der Waals surface area contributed by atoms with E-state index in [2.05, 4.69) is 11.6 Å². The summed E-state index contributed by atoms with van der Waals surface area (Å²) < 4.78 is 48.3. The van der Waals surface area contributed by atoms with Crippen LogP contribution in [0.1, 0.15) is 12.8 Å². The Morgan fingerprint density at radius 3 is 2.23 bits per heavy atom. The van der Waals surface area contributed by atoms with Gasteiger partial charge in [-0.25, -0.2) is 8.78 Å². The predicted molar refractivity (Wildman–Crippen MR) is 36.9 cm³/mol. The Morgan fingerprint density at radius 1 is 1.46 bits per heavy atom. The summed E-state index contributed by atoms with van der Waals surface area (Å²) in [6.07, 6.45) is -1.21. The van der Waals surface area contributed by atoms with Crippen LogP contribution in [0.2, 0.25) is 0 Å². The quantitative estimate of drug-likeness (QED) is 0.556. The van der Waals surface area contributed by atoms with Crippen molar-refractivity contribution in [1.82, 2.24) is 5.32 Å². The third-order valence-electron chi connectivity index (χ3n) is 1.68. The lowest BCUT2D eigenvalue weighted by atomic mass is 9.88. The van der Waals surface area contributed by atoms with Crippen molar-refractivity contribution in [3.8, 4) is 0 Å². The Labute approximate surface area is 76.2 Å². The highest BCUT2D eigenvalue weighted by molar-refractivity contribution is 6.32. The molecule has 0 saturated heterocycles. The molecule has 0 heterocycles. The number of carbonyl (C=O) groups is 1. The van der Waals surface area contributed by atoms with Gasteiger partial charge < -0.3 is 5.32 Å². The van der Waals surface area contributed by atoms with Crippen LogP contribution < -0.4 is 5.32 Å². The van der Waals surface area contributed by atoms with Crippen LogP contribution in [0.5, 0.6) is 0 Å². The standard InChI is InChI=1S/C6H6ClF4NO/c7-6(10,11)4(13)12-3-1-5(8,9)2-3/h3H,1-2H2,(H,12,13). The Balaban J connectivity index is 2.33. The van der Waals surface area contributed by atoms with Gasteiger partial charge in [-0.3, -0.25) is 4.79 Å². The molecule has 0 spiro atoms. The van der Waals surface area contributed by atoms with Crippen LogP contribution in [-0.4, -0.2) is 23.3 Å². The monoisotopic (exact) mass is 219 g/mol. The topological polar surface area (TPSA) is 29.1 Å². The second-order valence-corrected chi connectivity index (χ2v) is 3.41. The van der Waals surface area contributed by atoms with E-state index in [9.17, 15) is 22.4 Å². The maximum atomic E-state index is 12.2. The molecule has 0 atom stereocenters. The normalized spacial score (nSPS) is 22.2. The fraction of sp³-hybridized carbons (Fsp3) is 0.833.